The number of fused-ring (bicyclic) bond motifs is 1. The first-order valence-electron chi connectivity index (χ1n) is 2.52. The molecule has 2 heterocycles. The van der Waals surface area contributed by atoms with Crippen LogP contribution >= 0.6 is 32.1 Å². The van der Waals surface area contributed by atoms with Crippen molar-refractivity contribution in [2.75, 3.05) is 0 Å². The molecule has 0 saturated heterocycles. The van der Waals surface area contributed by atoms with Gasteiger partial charge in [0.05, 0.1) is 15.4 Å². The van der Waals surface area contributed by atoms with E-state index in [0.717, 1.165) is 0 Å². The summed E-state index contributed by atoms with van der Waals surface area (Å²) in [4.78, 5) is 4.20. The van der Waals surface area contributed by atoms with Crippen LogP contribution in [0.1, 0.15) is 0 Å². The number of thiazole rings is 1. The Morgan fingerprint density at radius 1 is 1.56 bits per heavy atom. The maximum absolute atomic E-state index is 4.20. The second-order valence-corrected chi connectivity index (χ2v) is 4.58. The van der Waals surface area contributed by atoms with Gasteiger partial charge in [0.15, 0.2) is 0 Å². The largest absolute Gasteiger partial charge is 0.244 e. The molecule has 1 aromatic rings. The van der Waals surface area contributed by atoms with E-state index in [2.05, 4.69) is 19.2 Å². The zero-order valence-corrected chi connectivity index (χ0v) is 7.52. The average molecular weight is 249 g/mol. The highest BCUT2D eigenvalue weighted by Crippen LogP contribution is 1.97. The lowest BCUT2D eigenvalue weighted by Gasteiger charge is -1.79. The van der Waals surface area contributed by atoms with Gasteiger partial charge < -0.3 is 0 Å². The zero-order chi connectivity index (χ0) is 6.10. The Bertz CT molecular complexity index is 317. The number of hydrogen-bond acceptors (Lipinski definition) is 2. The molecule has 0 fully saturated rings. The van der Waals surface area contributed by atoms with Crippen molar-refractivity contribution >= 4 is 46.2 Å². The van der Waals surface area contributed by atoms with E-state index in [0.29, 0.717) is 0 Å². The summed E-state index contributed by atoms with van der Waals surface area (Å²) >= 11 is 1.90. The van der Waals surface area contributed by atoms with E-state index >= 15 is 0 Å². The van der Waals surface area contributed by atoms with Crippen molar-refractivity contribution in [3.05, 3.63) is 15.4 Å². The van der Waals surface area contributed by atoms with Crippen LogP contribution in [0, 0.1) is 0 Å². The Morgan fingerprint density at radius 2 is 2.56 bits per heavy atom. The van der Waals surface area contributed by atoms with Crippen LogP contribution in [-0.4, -0.2) is 9.00 Å². The van der Waals surface area contributed by atoms with Crippen molar-refractivity contribution in [3.63, 3.8) is 0 Å². The Kier molecular flexibility index (Phi) is 1.47. The van der Waals surface area contributed by atoms with Gasteiger partial charge in [-0.15, -0.1) is 11.3 Å². The van der Waals surface area contributed by atoms with Gasteiger partial charge in [0.25, 0.3) is 0 Å². The maximum atomic E-state index is 4.20. The summed E-state index contributed by atoms with van der Waals surface area (Å²) in [5, 5.41) is 1.20. The Morgan fingerprint density at radius 3 is 3.44 bits per heavy atom. The summed E-state index contributed by atoms with van der Waals surface area (Å²) in [6.45, 7) is 0. The molecule has 0 unspecified atom stereocenters. The van der Waals surface area contributed by atoms with Gasteiger partial charge in [0.1, 0.15) is 0 Å². The fraction of sp³-hybridized carbons (Fsp3) is 0. The normalized spacial score (nSPS) is 14.7. The van der Waals surface area contributed by atoms with Crippen molar-refractivity contribution in [3.8, 4) is 0 Å². The summed E-state index contributed by atoms with van der Waals surface area (Å²) in [6.07, 6.45) is 2.18. The second kappa shape index (κ2) is 2.30. The van der Waals surface area contributed by atoms with Gasteiger partial charge in [-0.1, -0.05) is 20.7 Å². The monoisotopic (exact) mass is 249 g/mol. The van der Waals surface area contributed by atoms with Crippen LogP contribution in [0.3, 0.4) is 0 Å². The van der Waals surface area contributed by atoms with Crippen molar-refractivity contribution in [1.82, 2.24) is 4.98 Å². The fourth-order valence-corrected chi connectivity index (χ4v) is 3.39. The van der Waals surface area contributed by atoms with E-state index in [1.807, 2.05) is 5.51 Å². The number of rotatable bonds is 0. The first kappa shape index (κ1) is 5.73. The molecule has 1 aliphatic rings. The molecule has 9 heavy (non-hydrogen) atoms. The molecule has 2 rings (SSSR count). The first-order valence-corrected chi connectivity index (χ1v) is 5.89. The molecule has 46 valence electrons. The third kappa shape index (κ3) is 0.986. The van der Waals surface area contributed by atoms with Gasteiger partial charge in [-0.3, -0.25) is 0 Å². The van der Waals surface area contributed by atoms with Crippen LogP contribution in [0.15, 0.2) is 5.51 Å². The van der Waals surface area contributed by atoms with Gasteiger partial charge in [-0.25, -0.2) is 4.98 Å². The van der Waals surface area contributed by atoms with Gasteiger partial charge >= 0.3 is 0 Å². The summed E-state index contributed by atoms with van der Waals surface area (Å²) in [6, 6.07) is 0. The molecular formula is C6H4INS. The van der Waals surface area contributed by atoms with Gasteiger partial charge in [0, 0.05) is 0 Å². The predicted octanol–water partition coefficient (Wildman–Crippen LogP) is 0.448. The predicted molar refractivity (Wildman–Crippen MR) is 50.4 cm³/mol. The molecule has 0 aromatic carbocycles. The molecule has 0 N–H and O–H groups in total. The van der Waals surface area contributed by atoms with Crippen LogP contribution in [0.5, 0.6) is 0 Å². The average Bonchev–Trinajstić information content (AvgIpc) is 2.33. The van der Waals surface area contributed by atoms with Crippen LogP contribution < -0.4 is 9.88 Å². The lowest BCUT2D eigenvalue weighted by Crippen LogP contribution is -2.20. The third-order valence-corrected chi connectivity index (χ3v) is 3.61. The van der Waals surface area contributed by atoms with E-state index in [1.54, 1.807) is 11.3 Å². The van der Waals surface area contributed by atoms with Crippen LogP contribution in [0.2, 0.25) is 0 Å². The highest BCUT2D eigenvalue weighted by atomic mass is 127. The van der Waals surface area contributed by atoms with Gasteiger partial charge in [0.2, 0.25) is 0 Å². The minimum absolute atomic E-state index is 0.190. The molecule has 0 atom stereocenters. The molecule has 0 radical (unpaired) electrons. The molecule has 0 spiro atoms. The molecule has 0 saturated carbocycles. The van der Waals surface area contributed by atoms with E-state index in [4.69, 9.17) is 0 Å². The van der Waals surface area contributed by atoms with Crippen LogP contribution in [0.4, 0.5) is 0 Å². The van der Waals surface area contributed by atoms with Gasteiger partial charge in [-0.2, -0.15) is 0 Å². The minimum Gasteiger partial charge on any atom is -0.244 e. The number of hydrogen-bond donors (Lipinski definition) is 0. The molecule has 3 heteroatoms. The maximum Gasteiger partial charge on any atom is 0.0868 e. The van der Waals surface area contributed by atoms with Crippen molar-refractivity contribution < 1.29 is 0 Å². The fourth-order valence-electron chi connectivity index (χ4n) is 0.660. The topological polar surface area (TPSA) is 12.9 Å². The third-order valence-electron chi connectivity index (χ3n) is 1.08. The Balaban J connectivity index is 2.99. The molecule has 1 nitrogen and oxygen atoms in total. The summed E-state index contributed by atoms with van der Waals surface area (Å²) in [7, 11) is 0. The number of halogens is 1. The summed E-state index contributed by atoms with van der Waals surface area (Å²) < 4.78 is 5.84. The van der Waals surface area contributed by atoms with E-state index in [9.17, 15) is 0 Å². The van der Waals surface area contributed by atoms with Crippen molar-refractivity contribution in [1.29, 1.82) is 0 Å². The van der Waals surface area contributed by atoms with Crippen molar-refractivity contribution in [2.45, 2.75) is 0 Å². The molecule has 1 aliphatic heterocycles. The SMILES string of the molecule is C1=IC=c2ncsc2=C1. The smallest absolute Gasteiger partial charge is 0.0868 e. The summed E-state index contributed by atoms with van der Waals surface area (Å²) in [5.41, 5.74) is 1.90. The number of nitrogens with zero attached hydrogens (tertiary/aromatic N) is 1. The number of aromatic nitrogens is 1. The minimum atomic E-state index is 0.190. The molecule has 1 aromatic heterocycles. The van der Waals surface area contributed by atoms with Crippen LogP contribution in [-0.2, 0) is 0 Å². The first-order chi connectivity index (χ1) is 4.47. The van der Waals surface area contributed by atoms with Crippen molar-refractivity contribution in [2.24, 2.45) is 0 Å². The van der Waals surface area contributed by atoms with E-state index < -0.39 is 0 Å². The molecule has 0 bridgehead atoms. The quantitative estimate of drug-likeness (QED) is 0.608. The van der Waals surface area contributed by atoms with Gasteiger partial charge in [-0.05, 0) is 14.2 Å². The highest BCUT2D eigenvalue weighted by Gasteiger charge is 1.87. The van der Waals surface area contributed by atoms with Crippen LogP contribution in [0.25, 0.3) is 10.2 Å². The molecule has 0 amide bonds. The lowest BCUT2D eigenvalue weighted by molar-refractivity contribution is 1.33. The zero-order valence-electron chi connectivity index (χ0n) is 4.54. The highest BCUT2D eigenvalue weighted by molar-refractivity contribution is 14.2. The molecular weight excluding hydrogens is 245 g/mol. The summed E-state index contributed by atoms with van der Waals surface area (Å²) in [5.74, 6) is 0. The van der Waals surface area contributed by atoms with E-state index in [-0.39, 0.29) is 20.7 Å². The Hall–Kier alpha value is -0.0300. The van der Waals surface area contributed by atoms with E-state index in [1.165, 1.54) is 9.88 Å². The lowest BCUT2D eigenvalue weighted by atomic mass is 10.6. The molecule has 0 aliphatic carbocycles. The standard InChI is InChI=1S/C6H4INS/c1-2-7-3-5-6(1)9-4-8-5/h1-4H. The Labute approximate surface area is 66.5 Å². The second-order valence-electron chi connectivity index (χ2n) is 1.63.